The van der Waals surface area contributed by atoms with E-state index in [-0.39, 0.29) is 11.8 Å². The summed E-state index contributed by atoms with van der Waals surface area (Å²) >= 11 is 0. The van der Waals surface area contributed by atoms with Crippen molar-refractivity contribution in [1.29, 1.82) is 0 Å². The highest BCUT2D eigenvalue weighted by Crippen LogP contribution is 2.24. The second-order valence-corrected chi connectivity index (χ2v) is 7.71. The Labute approximate surface area is 180 Å². The van der Waals surface area contributed by atoms with Gasteiger partial charge in [0.2, 0.25) is 5.91 Å². The first-order valence-electron chi connectivity index (χ1n) is 10.4. The second kappa shape index (κ2) is 8.47. The Hall–Kier alpha value is -3.87. The van der Waals surface area contributed by atoms with E-state index in [0.29, 0.717) is 6.54 Å². The highest BCUT2D eigenvalue weighted by atomic mass is 16.1. The van der Waals surface area contributed by atoms with Crippen LogP contribution in [0.2, 0.25) is 0 Å². The number of pyridine rings is 2. The number of carbonyl (C=O) groups excluding carboxylic acids is 1. The molecule has 4 heterocycles. The van der Waals surface area contributed by atoms with Crippen molar-refractivity contribution in [3.63, 3.8) is 0 Å². The molecule has 1 aliphatic rings. The van der Waals surface area contributed by atoms with Crippen LogP contribution in [-0.2, 0) is 4.79 Å². The summed E-state index contributed by atoms with van der Waals surface area (Å²) in [7, 11) is 0. The first-order chi connectivity index (χ1) is 15.3. The average Bonchev–Trinajstić information content (AvgIpc) is 2.85. The summed E-state index contributed by atoms with van der Waals surface area (Å²) in [5.74, 6) is 0.694. The maximum atomic E-state index is 12.9. The van der Waals surface area contributed by atoms with E-state index in [2.05, 4.69) is 30.4 Å². The third-order valence-corrected chi connectivity index (χ3v) is 5.58. The number of aromatic nitrogens is 4. The number of nitrogens with one attached hydrogen (secondary N) is 1. The van der Waals surface area contributed by atoms with Gasteiger partial charge in [0.25, 0.3) is 0 Å². The average molecular weight is 410 g/mol. The normalized spacial score (nSPS) is 16.3. The maximum absolute atomic E-state index is 12.9. The molecule has 0 aliphatic carbocycles. The van der Waals surface area contributed by atoms with Gasteiger partial charge in [-0.25, -0.2) is 0 Å². The van der Waals surface area contributed by atoms with Crippen LogP contribution in [0.4, 0.5) is 11.5 Å². The molecule has 3 aromatic heterocycles. The summed E-state index contributed by atoms with van der Waals surface area (Å²) in [5, 5.41) is 12.8. The largest absolute Gasteiger partial charge is 0.354 e. The maximum Gasteiger partial charge on any atom is 0.229 e. The third kappa shape index (κ3) is 4.21. The van der Waals surface area contributed by atoms with Gasteiger partial charge in [-0.2, -0.15) is 0 Å². The quantitative estimate of drug-likeness (QED) is 0.549. The van der Waals surface area contributed by atoms with Crippen molar-refractivity contribution in [2.45, 2.75) is 12.8 Å². The van der Waals surface area contributed by atoms with Gasteiger partial charge in [0.05, 0.1) is 29.0 Å². The van der Waals surface area contributed by atoms with Crippen LogP contribution in [0.1, 0.15) is 12.8 Å². The standard InChI is InChI=1S/C24H22N6O/c31-24(27-20-13-17-5-1-2-8-21(17)26-15-20)19-7-4-12-30(16-19)23-10-9-22(28-29-23)18-6-3-11-25-14-18/h1-3,5-6,8-11,13-15,19H,4,7,12,16H2,(H,27,31). The highest BCUT2D eigenvalue weighted by Gasteiger charge is 2.27. The van der Waals surface area contributed by atoms with E-state index in [1.807, 2.05) is 54.6 Å². The molecule has 1 fully saturated rings. The van der Waals surface area contributed by atoms with Crippen molar-refractivity contribution in [2.75, 3.05) is 23.3 Å². The molecule has 1 unspecified atom stereocenters. The van der Waals surface area contributed by atoms with Crippen molar-refractivity contribution in [1.82, 2.24) is 20.2 Å². The highest BCUT2D eigenvalue weighted by molar-refractivity contribution is 5.94. The molecule has 31 heavy (non-hydrogen) atoms. The lowest BCUT2D eigenvalue weighted by Gasteiger charge is -2.32. The second-order valence-electron chi connectivity index (χ2n) is 7.71. The Bertz CT molecular complexity index is 1200. The zero-order valence-electron chi connectivity index (χ0n) is 17.0. The minimum absolute atomic E-state index is 0.0155. The number of piperidine rings is 1. The molecule has 7 nitrogen and oxygen atoms in total. The number of fused-ring (bicyclic) bond motifs is 1. The van der Waals surface area contributed by atoms with E-state index in [1.54, 1.807) is 18.6 Å². The number of nitrogens with zero attached hydrogens (tertiary/aromatic N) is 5. The van der Waals surface area contributed by atoms with E-state index >= 15 is 0 Å². The lowest BCUT2D eigenvalue weighted by molar-refractivity contribution is -0.120. The monoisotopic (exact) mass is 410 g/mol. The minimum atomic E-state index is -0.111. The van der Waals surface area contributed by atoms with Crippen LogP contribution in [0, 0.1) is 5.92 Å². The van der Waals surface area contributed by atoms with Crippen LogP contribution in [0.5, 0.6) is 0 Å². The Morgan fingerprint density at radius 3 is 2.81 bits per heavy atom. The summed E-state index contributed by atoms with van der Waals surface area (Å²) in [5.41, 5.74) is 3.35. The lowest BCUT2D eigenvalue weighted by Crippen LogP contribution is -2.41. The zero-order chi connectivity index (χ0) is 21.0. The first kappa shape index (κ1) is 19.1. The predicted molar refractivity (Wildman–Crippen MR) is 121 cm³/mol. The summed E-state index contributed by atoms with van der Waals surface area (Å²) < 4.78 is 0. The molecule has 1 N–H and O–H groups in total. The van der Waals surface area contributed by atoms with Gasteiger partial charge >= 0.3 is 0 Å². The van der Waals surface area contributed by atoms with Crippen molar-refractivity contribution in [3.8, 4) is 11.3 Å². The Morgan fingerprint density at radius 1 is 1.03 bits per heavy atom. The van der Waals surface area contributed by atoms with Gasteiger partial charge in [-0.15, -0.1) is 10.2 Å². The van der Waals surface area contributed by atoms with E-state index < -0.39 is 0 Å². The molecule has 0 radical (unpaired) electrons. The summed E-state index contributed by atoms with van der Waals surface area (Å²) in [4.78, 5) is 23.6. The van der Waals surface area contributed by atoms with Gasteiger partial charge in [0.1, 0.15) is 0 Å². The topological polar surface area (TPSA) is 83.9 Å². The number of rotatable bonds is 4. The number of carbonyl (C=O) groups is 1. The van der Waals surface area contributed by atoms with Gasteiger partial charge in [-0.05, 0) is 49.2 Å². The Morgan fingerprint density at radius 2 is 1.97 bits per heavy atom. The van der Waals surface area contributed by atoms with Crippen LogP contribution in [-0.4, -0.2) is 39.2 Å². The molecule has 7 heteroatoms. The van der Waals surface area contributed by atoms with Crippen molar-refractivity contribution in [2.24, 2.45) is 5.92 Å². The molecule has 1 aliphatic heterocycles. The van der Waals surface area contributed by atoms with Crippen LogP contribution in [0.15, 0.2) is 73.2 Å². The predicted octanol–water partition coefficient (Wildman–Crippen LogP) is 3.94. The molecule has 1 amide bonds. The number of benzene rings is 1. The van der Waals surface area contributed by atoms with Crippen molar-refractivity contribution in [3.05, 3.63) is 73.2 Å². The van der Waals surface area contributed by atoms with Gasteiger partial charge in [-0.3, -0.25) is 14.8 Å². The lowest BCUT2D eigenvalue weighted by atomic mass is 9.97. The molecule has 1 aromatic carbocycles. The molecule has 0 bridgehead atoms. The van der Waals surface area contributed by atoms with Crippen LogP contribution < -0.4 is 10.2 Å². The summed E-state index contributed by atoms with van der Waals surface area (Å²) in [6.07, 6.45) is 7.00. The SMILES string of the molecule is O=C(Nc1cnc2ccccc2c1)C1CCCN(c2ccc(-c3cccnc3)nn2)C1. The third-order valence-electron chi connectivity index (χ3n) is 5.58. The van der Waals surface area contributed by atoms with Gasteiger partial charge in [0.15, 0.2) is 5.82 Å². The zero-order valence-corrected chi connectivity index (χ0v) is 17.0. The van der Waals surface area contributed by atoms with Gasteiger partial charge < -0.3 is 10.2 Å². The van der Waals surface area contributed by atoms with Crippen molar-refractivity contribution < 1.29 is 4.79 Å². The smallest absolute Gasteiger partial charge is 0.229 e. The fourth-order valence-corrected chi connectivity index (χ4v) is 3.95. The summed E-state index contributed by atoms with van der Waals surface area (Å²) in [6, 6.07) is 17.6. The number of para-hydroxylation sites is 1. The molecular weight excluding hydrogens is 388 g/mol. The van der Waals surface area contributed by atoms with Crippen LogP contribution in [0.25, 0.3) is 22.2 Å². The molecular formula is C24H22N6O. The van der Waals surface area contributed by atoms with E-state index in [0.717, 1.165) is 53.1 Å². The van der Waals surface area contributed by atoms with Crippen LogP contribution >= 0.6 is 0 Å². The fourth-order valence-electron chi connectivity index (χ4n) is 3.95. The molecule has 1 atom stereocenters. The molecule has 0 saturated carbocycles. The molecule has 154 valence electrons. The summed E-state index contributed by atoms with van der Waals surface area (Å²) in [6.45, 7) is 1.48. The van der Waals surface area contributed by atoms with E-state index in [1.165, 1.54) is 0 Å². The van der Waals surface area contributed by atoms with Gasteiger partial charge in [-0.1, -0.05) is 18.2 Å². The number of hydrogen-bond donors (Lipinski definition) is 1. The molecule has 1 saturated heterocycles. The van der Waals surface area contributed by atoms with E-state index in [9.17, 15) is 4.79 Å². The Balaban J connectivity index is 1.26. The minimum Gasteiger partial charge on any atom is -0.354 e. The first-order valence-corrected chi connectivity index (χ1v) is 10.4. The number of hydrogen-bond acceptors (Lipinski definition) is 6. The van der Waals surface area contributed by atoms with Crippen molar-refractivity contribution >= 4 is 28.3 Å². The number of anilines is 2. The fraction of sp³-hybridized carbons (Fsp3) is 0.208. The number of amides is 1. The van der Waals surface area contributed by atoms with E-state index in [4.69, 9.17) is 0 Å². The Kier molecular flexibility index (Phi) is 5.22. The van der Waals surface area contributed by atoms with Crippen LogP contribution in [0.3, 0.4) is 0 Å². The van der Waals surface area contributed by atoms with Gasteiger partial charge in [0, 0.05) is 36.4 Å². The molecule has 4 aromatic rings. The molecule has 0 spiro atoms. The molecule has 5 rings (SSSR count).